The Morgan fingerprint density at radius 3 is 2.56 bits per heavy atom. The highest BCUT2D eigenvalue weighted by molar-refractivity contribution is 4.94. The van der Waals surface area contributed by atoms with Crippen molar-refractivity contribution in [2.75, 3.05) is 0 Å². The van der Waals surface area contributed by atoms with Crippen molar-refractivity contribution < 1.29 is 0 Å². The molecule has 0 radical (unpaired) electrons. The van der Waals surface area contributed by atoms with Crippen LogP contribution in [0.4, 0.5) is 0 Å². The van der Waals surface area contributed by atoms with E-state index in [-0.39, 0.29) is 0 Å². The molecule has 3 heteroatoms. The van der Waals surface area contributed by atoms with E-state index < -0.39 is 0 Å². The molecule has 3 nitrogen and oxygen atoms in total. The Kier molecular flexibility index (Phi) is 7.70. The smallest absolute Gasteiger partial charge is 0.0725 e. The summed E-state index contributed by atoms with van der Waals surface area (Å²) in [7, 11) is 0. The van der Waals surface area contributed by atoms with Crippen LogP contribution in [0.5, 0.6) is 0 Å². The summed E-state index contributed by atoms with van der Waals surface area (Å²) in [6.45, 7) is 7.83. The summed E-state index contributed by atoms with van der Waals surface area (Å²) in [5.41, 5.74) is 1.30. The van der Waals surface area contributed by atoms with Gasteiger partial charge in [0.2, 0.25) is 0 Å². The zero-order valence-corrected chi connectivity index (χ0v) is 12.4. The lowest BCUT2D eigenvalue weighted by Gasteiger charge is -2.07. The number of unbranched alkanes of at least 4 members (excludes halogenated alkanes) is 5. The lowest BCUT2D eigenvalue weighted by atomic mass is 10.1. The second-order valence-electron chi connectivity index (χ2n) is 5.65. The second-order valence-corrected chi connectivity index (χ2v) is 5.65. The van der Waals surface area contributed by atoms with Crippen molar-refractivity contribution in [1.29, 1.82) is 0 Å². The number of nitrogens with zero attached hydrogens (tertiary/aromatic N) is 3. The van der Waals surface area contributed by atoms with Crippen LogP contribution in [0.2, 0.25) is 0 Å². The van der Waals surface area contributed by atoms with Gasteiger partial charge in [-0.25, -0.2) is 4.68 Å². The average molecular weight is 251 g/mol. The van der Waals surface area contributed by atoms with Crippen molar-refractivity contribution in [3.8, 4) is 0 Å². The van der Waals surface area contributed by atoms with Gasteiger partial charge in [-0.1, -0.05) is 58.1 Å². The van der Waals surface area contributed by atoms with Crippen molar-refractivity contribution in [1.82, 2.24) is 15.0 Å². The maximum absolute atomic E-state index is 4.19. The first-order valence-electron chi connectivity index (χ1n) is 7.61. The minimum atomic E-state index is 0.752. The predicted molar refractivity (Wildman–Crippen MR) is 76.6 cm³/mol. The lowest BCUT2D eigenvalue weighted by Crippen LogP contribution is -2.06. The molecule has 1 heterocycles. The summed E-state index contributed by atoms with van der Waals surface area (Å²) in [4.78, 5) is 0. The molecule has 0 amide bonds. The van der Waals surface area contributed by atoms with E-state index in [1.165, 1.54) is 50.6 Å². The highest BCUT2D eigenvalue weighted by Gasteiger charge is 2.04. The Morgan fingerprint density at radius 1 is 1.11 bits per heavy atom. The molecule has 1 rings (SSSR count). The molecule has 0 aliphatic carbocycles. The van der Waals surface area contributed by atoms with E-state index in [2.05, 4.69) is 35.8 Å². The van der Waals surface area contributed by atoms with E-state index in [9.17, 15) is 0 Å². The van der Waals surface area contributed by atoms with Crippen molar-refractivity contribution in [3.63, 3.8) is 0 Å². The molecule has 1 aromatic rings. The third-order valence-corrected chi connectivity index (χ3v) is 3.40. The molecule has 104 valence electrons. The van der Waals surface area contributed by atoms with E-state index in [4.69, 9.17) is 0 Å². The molecule has 18 heavy (non-hydrogen) atoms. The van der Waals surface area contributed by atoms with Gasteiger partial charge in [-0.05, 0) is 25.2 Å². The number of aromatic nitrogens is 3. The molecule has 0 aliphatic rings. The number of hydrogen-bond acceptors (Lipinski definition) is 2. The van der Waals surface area contributed by atoms with Crippen LogP contribution >= 0.6 is 0 Å². The molecular weight excluding hydrogens is 222 g/mol. The Bertz CT molecular complexity index is 304. The number of rotatable bonds is 10. The molecule has 0 unspecified atom stereocenters. The standard InChI is InChI=1S/C15H29N3/c1-4-5-6-7-8-9-12-18-15(13-16-17-18)11-10-14(2)3/h13-14H,4-12H2,1-3H3. The lowest BCUT2D eigenvalue weighted by molar-refractivity contribution is 0.490. The van der Waals surface area contributed by atoms with Crippen LogP contribution in [0.25, 0.3) is 0 Å². The molecule has 0 atom stereocenters. The van der Waals surface area contributed by atoms with E-state index in [1.807, 2.05) is 6.20 Å². The van der Waals surface area contributed by atoms with Gasteiger partial charge in [0.15, 0.2) is 0 Å². The van der Waals surface area contributed by atoms with Crippen LogP contribution in [0.1, 0.15) is 71.4 Å². The Hall–Kier alpha value is -0.860. The first-order chi connectivity index (χ1) is 8.74. The summed E-state index contributed by atoms with van der Waals surface area (Å²) in [5.74, 6) is 0.752. The van der Waals surface area contributed by atoms with E-state index in [0.717, 1.165) is 18.9 Å². The van der Waals surface area contributed by atoms with Crippen molar-refractivity contribution >= 4 is 0 Å². The van der Waals surface area contributed by atoms with Crippen LogP contribution in [0, 0.1) is 5.92 Å². The van der Waals surface area contributed by atoms with Gasteiger partial charge in [-0.2, -0.15) is 0 Å². The molecule has 0 fully saturated rings. The van der Waals surface area contributed by atoms with Crippen LogP contribution in [-0.2, 0) is 13.0 Å². The Labute approximate surface area is 112 Å². The Morgan fingerprint density at radius 2 is 1.83 bits per heavy atom. The summed E-state index contributed by atoms with van der Waals surface area (Å²) in [5, 5.41) is 8.24. The van der Waals surface area contributed by atoms with E-state index in [1.54, 1.807) is 0 Å². The largest absolute Gasteiger partial charge is 0.249 e. The summed E-state index contributed by atoms with van der Waals surface area (Å²) in [6.07, 6.45) is 12.3. The maximum Gasteiger partial charge on any atom is 0.0725 e. The predicted octanol–water partition coefficient (Wildman–Crippen LogP) is 4.23. The number of aryl methyl sites for hydroxylation is 2. The van der Waals surface area contributed by atoms with Gasteiger partial charge >= 0.3 is 0 Å². The molecule has 0 N–H and O–H groups in total. The zero-order valence-electron chi connectivity index (χ0n) is 12.4. The first-order valence-corrected chi connectivity index (χ1v) is 7.61. The fraction of sp³-hybridized carbons (Fsp3) is 0.867. The molecule has 0 aromatic carbocycles. The molecule has 0 saturated carbocycles. The van der Waals surface area contributed by atoms with Gasteiger partial charge < -0.3 is 0 Å². The topological polar surface area (TPSA) is 30.7 Å². The van der Waals surface area contributed by atoms with Crippen LogP contribution in [-0.4, -0.2) is 15.0 Å². The normalized spacial score (nSPS) is 11.3. The van der Waals surface area contributed by atoms with Gasteiger partial charge in [0.1, 0.15) is 0 Å². The SMILES string of the molecule is CCCCCCCCn1nncc1CCC(C)C. The zero-order chi connectivity index (χ0) is 13.2. The molecule has 0 spiro atoms. The summed E-state index contributed by atoms with van der Waals surface area (Å²) in [6, 6.07) is 0. The highest BCUT2D eigenvalue weighted by Crippen LogP contribution is 2.10. The van der Waals surface area contributed by atoms with Crippen LogP contribution in [0.15, 0.2) is 6.20 Å². The van der Waals surface area contributed by atoms with E-state index in [0.29, 0.717) is 0 Å². The molecule has 0 saturated heterocycles. The van der Waals surface area contributed by atoms with Gasteiger partial charge in [0, 0.05) is 6.54 Å². The monoisotopic (exact) mass is 251 g/mol. The van der Waals surface area contributed by atoms with Crippen molar-refractivity contribution in [3.05, 3.63) is 11.9 Å². The number of hydrogen-bond donors (Lipinski definition) is 0. The van der Waals surface area contributed by atoms with E-state index >= 15 is 0 Å². The van der Waals surface area contributed by atoms with Crippen LogP contribution < -0.4 is 0 Å². The van der Waals surface area contributed by atoms with Crippen molar-refractivity contribution in [2.45, 2.75) is 78.7 Å². The minimum Gasteiger partial charge on any atom is -0.249 e. The molecule has 0 aliphatic heterocycles. The maximum atomic E-state index is 4.19. The average Bonchev–Trinajstić information content (AvgIpc) is 2.78. The van der Waals surface area contributed by atoms with Gasteiger partial charge in [0.05, 0.1) is 11.9 Å². The summed E-state index contributed by atoms with van der Waals surface area (Å²) < 4.78 is 2.10. The van der Waals surface area contributed by atoms with Gasteiger partial charge in [-0.3, -0.25) is 0 Å². The third-order valence-electron chi connectivity index (χ3n) is 3.40. The molecule has 0 bridgehead atoms. The Balaban J connectivity index is 2.19. The molecular formula is C15H29N3. The summed E-state index contributed by atoms with van der Waals surface area (Å²) >= 11 is 0. The fourth-order valence-corrected chi connectivity index (χ4v) is 2.14. The third kappa shape index (κ3) is 6.18. The minimum absolute atomic E-state index is 0.752. The first kappa shape index (κ1) is 15.2. The van der Waals surface area contributed by atoms with Crippen molar-refractivity contribution in [2.24, 2.45) is 5.92 Å². The molecule has 1 aromatic heterocycles. The fourth-order valence-electron chi connectivity index (χ4n) is 2.14. The van der Waals surface area contributed by atoms with Crippen LogP contribution in [0.3, 0.4) is 0 Å². The van der Waals surface area contributed by atoms with Gasteiger partial charge in [-0.15, -0.1) is 5.10 Å². The van der Waals surface area contributed by atoms with Gasteiger partial charge in [0.25, 0.3) is 0 Å². The quantitative estimate of drug-likeness (QED) is 0.583. The highest BCUT2D eigenvalue weighted by atomic mass is 15.4. The second kappa shape index (κ2) is 9.12.